The summed E-state index contributed by atoms with van der Waals surface area (Å²) in [6.07, 6.45) is 2.29. The van der Waals surface area contributed by atoms with Crippen molar-refractivity contribution in [3.63, 3.8) is 0 Å². The van der Waals surface area contributed by atoms with Crippen LogP contribution in [0.3, 0.4) is 0 Å². The molecule has 0 aliphatic carbocycles. The summed E-state index contributed by atoms with van der Waals surface area (Å²) in [5.41, 5.74) is 4.19. The Balaban J connectivity index is 0.000000557. The predicted octanol–water partition coefficient (Wildman–Crippen LogP) is 2.60. The molecule has 1 aromatic carbocycles. The molecule has 0 saturated heterocycles. The van der Waals surface area contributed by atoms with E-state index in [9.17, 15) is 0 Å². The third-order valence-corrected chi connectivity index (χ3v) is 1.82. The Morgan fingerprint density at radius 1 is 1.35 bits per heavy atom. The Morgan fingerprint density at radius 3 is 2.47 bits per heavy atom. The number of carboxylic acids is 1. The molecule has 4 nitrogen and oxygen atoms in total. The van der Waals surface area contributed by atoms with Gasteiger partial charge < -0.3 is 9.94 Å². The minimum Gasteiger partial charge on any atom is -0.481 e. The van der Waals surface area contributed by atoms with Gasteiger partial charge in [-0.25, -0.2) is 0 Å². The van der Waals surface area contributed by atoms with Crippen molar-refractivity contribution in [2.24, 2.45) is 0 Å². The third kappa shape index (κ3) is 12.5. The Morgan fingerprint density at radius 2 is 1.94 bits per heavy atom. The van der Waals surface area contributed by atoms with Crippen LogP contribution in [0.4, 0.5) is 0 Å². The highest BCUT2D eigenvalue weighted by molar-refractivity contribution is 5.62. The number of hydroxylamine groups is 1. The number of hydrogen-bond acceptors (Lipinski definition) is 3. The smallest absolute Gasteiger partial charge is 0.300 e. The molecule has 0 radical (unpaired) electrons. The van der Waals surface area contributed by atoms with E-state index in [4.69, 9.17) is 14.7 Å². The second-order valence-electron chi connectivity index (χ2n) is 3.53. The predicted molar refractivity (Wildman–Crippen MR) is 67.5 cm³/mol. The maximum atomic E-state index is 9.00. The van der Waals surface area contributed by atoms with Gasteiger partial charge in [-0.1, -0.05) is 43.7 Å². The van der Waals surface area contributed by atoms with Crippen LogP contribution in [0.15, 0.2) is 30.3 Å². The van der Waals surface area contributed by atoms with Crippen molar-refractivity contribution in [1.29, 1.82) is 0 Å². The second-order valence-corrected chi connectivity index (χ2v) is 3.53. The number of rotatable bonds is 6. The number of carbonyl (C=O) groups is 1. The van der Waals surface area contributed by atoms with E-state index in [1.807, 2.05) is 18.2 Å². The standard InChI is InChI=1S/C11H17NO.C2H4O2/c1-2-3-9-13-12-10-11-7-5-4-6-8-11;1-2(3)4/h4-8,12H,2-3,9-10H2,1H3;1H3,(H,3,4). The molecule has 0 atom stereocenters. The molecule has 0 fully saturated rings. The molecule has 96 valence electrons. The highest BCUT2D eigenvalue weighted by Crippen LogP contribution is 1.97. The van der Waals surface area contributed by atoms with E-state index in [1.165, 1.54) is 12.0 Å². The molecule has 0 aromatic heterocycles. The van der Waals surface area contributed by atoms with Gasteiger partial charge >= 0.3 is 0 Å². The fraction of sp³-hybridized carbons (Fsp3) is 0.462. The molecule has 0 bridgehead atoms. The van der Waals surface area contributed by atoms with Gasteiger partial charge in [-0.05, 0) is 12.0 Å². The average Bonchev–Trinajstić information content (AvgIpc) is 2.29. The molecule has 0 aliphatic rings. The lowest BCUT2D eigenvalue weighted by Crippen LogP contribution is -2.14. The molecule has 0 spiro atoms. The SMILES string of the molecule is CC(=O)O.CCCCONCc1ccccc1. The van der Waals surface area contributed by atoms with E-state index < -0.39 is 5.97 Å². The van der Waals surface area contributed by atoms with Crippen molar-refractivity contribution < 1.29 is 14.7 Å². The Kier molecular flexibility index (Phi) is 10.2. The fourth-order valence-electron chi connectivity index (χ4n) is 1.02. The van der Waals surface area contributed by atoms with Crippen LogP contribution in [-0.2, 0) is 16.2 Å². The van der Waals surface area contributed by atoms with Crippen molar-refractivity contribution >= 4 is 5.97 Å². The number of nitrogens with one attached hydrogen (secondary N) is 1. The van der Waals surface area contributed by atoms with Gasteiger partial charge in [0.2, 0.25) is 0 Å². The number of hydrogen-bond donors (Lipinski definition) is 2. The lowest BCUT2D eigenvalue weighted by molar-refractivity contribution is -0.134. The van der Waals surface area contributed by atoms with E-state index in [-0.39, 0.29) is 0 Å². The molecular formula is C13H21NO3. The number of benzene rings is 1. The van der Waals surface area contributed by atoms with Crippen molar-refractivity contribution in [2.45, 2.75) is 33.2 Å². The molecule has 0 unspecified atom stereocenters. The summed E-state index contributed by atoms with van der Waals surface area (Å²) in [5, 5.41) is 7.42. The zero-order chi connectivity index (χ0) is 12.9. The Labute approximate surface area is 103 Å². The minimum absolute atomic E-state index is 0.782. The molecule has 0 amide bonds. The number of carboxylic acid groups (broad SMARTS) is 1. The quantitative estimate of drug-likeness (QED) is 0.591. The maximum Gasteiger partial charge on any atom is 0.300 e. The second kappa shape index (κ2) is 11.1. The molecule has 1 rings (SSSR count). The average molecular weight is 239 g/mol. The van der Waals surface area contributed by atoms with E-state index in [0.717, 1.165) is 26.5 Å². The van der Waals surface area contributed by atoms with Crippen molar-refractivity contribution in [1.82, 2.24) is 5.48 Å². The van der Waals surface area contributed by atoms with Crippen molar-refractivity contribution in [3.8, 4) is 0 Å². The van der Waals surface area contributed by atoms with Gasteiger partial charge in [0.05, 0.1) is 6.61 Å². The van der Waals surface area contributed by atoms with E-state index in [0.29, 0.717) is 0 Å². The molecule has 0 aliphatic heterocycles. The minimum atomic E-state index is -0.833. The van der Waals surface area contributed by atoms with E-state index in [1.54, 1.807) is 0 Å². The zero-order valence-corrected chi connectivity index (χ0v) is 10.5. The first-order valence-corrected chi connectivity index (χ1v) is 5.75. The lowest BCUT2D eigenvalue weighted by Gasteiger charge is -2.04. The van der Waals surface area contributed by atoms with Crippen LogP contribution in [0, 0.1) is 0 Å². The van der Waals surface area contributed by atoms with Crippen LogP contribution in [0.5, 0.6) is 0 Å². The maximum absolute atomic E-state index is 9.00. The fourth-order valence-corrected chi connectivity index (χ4v) is 1.02. The van der Waals surface area contributed by atoms with Gasteiger partial charge in [0.15, 0.2) is 0 Å². The Bertz CT molecular complexity index is 284. The summed E-state index contributed by atoms with van der Waals surface area (Å²) in [6, 6.07) is 10.2. The normalized spacial score (nSPS) is 9.29. The van der Waals surface area contributed by atoms with Crippen LogP contribution in [0.2, 0.25) is 0 Å². The summed E-state index contributed by atoms with van der Waals surface area (Å²) < 4.78 is 0. The van der Waals surface area contributed by atoms with Crippen LogP contribution in [-0.4, -0.2) is 17.7 Å². The Hall–Kier alpha value is -1.39. The van der Waals surface area contributed by atoms with E-state index >= 15 is 0 Å². The van der Waals surface area contributed by atoms with Crippen LogP contribution >= 0.6 is 0 Å². The topological polar surface area (TPSA) is 58.6 Å². The largest absolute Gasteiger partial charge is 0.481 e. The summed E-state index contributed by atoms with van der Waals surface area (Å²) in [5.74, 6) is -0.833. The van der Waals surface area contributed by atoms with Crippen LogP contribution < -0.4 is 5.48 Å². The van der Waals surface area contributed by atoms with Gasteiger partial charge in [-0.2, -0.15) is 5.48 Å². The van der Waals surface area contributed by atoms with Crippen LogP contribution in [0.25, 0.3) is 0 Å². The summed E-state index contributed by atoms with van der Waals surface area (Å²) in [6.45, 7) is 4.81. The van der Waals surface area contributed by atoms with Crippen molar-refractivity contribution in [3.05, 3.63) is 35.9 Å². The highest BCUT2D eigenvalue weighted by Gasteiger charge is 1.89. The first kappa shape index (κ1) is 15.6. The first-order chi connectivity index (χ1) is 8.16. The molecule has 4 heteroatoms. The van der Waals surface area contributed by atoms with Crippen LogP contribution in [0.1, 0.15) is 32.3 Å². The molecule has 0 heterocycles. The molecule has 0 saturated carbocycles. The van der Waals surface area contributed by atoms with Gasteiger partial charge in [-0.15, -0.1) is 0 Å². The van der Waals surface area contributed by atoms with Gasteiger partial charge in [0, 0.05) is 13.5 Å². The van der Waals surface area contributed by atoms with Gasteiger partial charge in [0.25, 0.3) is 5.97 Å². The monoisotopic (exact) mass is 239 g/mol. The first-order valence-electron chi connectivity index (χ1n) is 5.75. The third-order valence-electron chi connectivity index (χ3n) is 1.82. The van der Waals surface area contributed by atoms with E-state index in [2.05, 4.69) is 24.5 Å². The van der Waals surface area contributed by atoms with Crippen molar-refractivity contribution in [2.75, 3.05) is 6.61 Å². The number of unbranched alkanes of at least 4 members (excludes halogenated alkanes) is 1. The molecule has 1 aromatic rings. The number of aliphatic carboxylic acids is 1. The van der Waals surface area contributed by atoms with Gasteiger partial charge in [-0.3, -0.25) is 4.79 Å². The molecule has 17 heavy (non-hydrogen) atoms. The van der Waals surface area contributed by atoms with Gasteiger partial charge in [0.1, 0.15) is 0 Å². The lowest BCUT2D eigenvalue weighted by atomic mass is 10.2. The zero-order valence-electron chi connectivity index (χ0n) is 10.5. The molecule has 2 N–H and O–H groups in total. The summed E-state index contributed by atoms with van der Waals surface area (Å²) >= 11 is 0. The molecular weight excluding hydrogens is 218 g/mol. The highest BCUT2D eigenvalue weighted by atomic mass is 16.6. The summed E-state index contributed by atoms with van der Waals surface area (Å²) in [7, 11) is 0. The summed E-state index contributed by atoms with van der Waals surface area (Å²) in [4.78, 5) is 14.2.